The standard InChI is InChI=1S/C45H56F3NO5Si2/c1-43(2,3)55(7,8)53-39-22-16-14-20-35(39)33-26-29-38(37(30-33)36-21-15-17-23-40(36)54-56(9,10)44(4,5)6)49(52-42(51)32-18-12-11-13-19-32)41(50)31-24-27-34(28-25-31)45(46,47)48/h11-25,27-28,33,37-38H,26,29-30H2,1-10H3. The normalized spacial score (nSPS) is 18.2. The van der Waals surface area contributed by atoms with Crippen LogP contribution in [0.3, 0.4) is 0 Å². The molecule has 0 aromatic heterocycles. The molecule has 0 saturated heterocycles. The van der Waals surface area contributed by atoms with Crippen LogP contribution >= 0.6 is 0 Å². The van der Waals surface area contributed by atoms with E-state index in [2.05, 4.69) is 73.8 Å². The third kappa shape index (κ3) is 9.60. The van der Waals surface area contributed by atoms with Gasteiger partial charge in [0.05, 0.1) is 17.2 Å². The maximum Gasteiger partial charge on any atom is 0.416 e. The fraction of sp³-hybridized carbons (Fsp3) is 0.422. The second-order valence-electron chi connectivity index (χ2n) is 17.9. The molecule has 1 saturated carbocycles. The third-order valence-corrected chi connectivity index (χ3v) is 20.7. The van der Waals surface area contributed by atoms with E-state index in [9.17, 15) is 22.8 Å². The Morgan fingerprint density at radius 1 is 0.625 bits per heavy atom. The van der Waals surface area contributed by atoms with Gasteiger partial charge in [0.15, 0.2) is 0 Å². The molecule has 56 heavy (non-hydrogen) atoms. The summed E-state index contributed by atoms with van der Waals surface area (Å²) in [6.45, 7) is 22.0. The van der Waals surface area contributed by atoms with Crippen molar-refractivity contribution in [3.8, 4) is 11.5 Å². The molecule has 0 radical (unpaired) electrons. The van der Waals surface area contributed by atoms with E-state index in [0.29, 0.717) is 25.0 Å². The summed E-state index contributed by atoms with van der Waals surface area (Å²) in [5.74, 6) is -0.299. The fourth-order valence-electron chi connectivity index (χ4n) is 6.60. The number of hydrogen-bond donors (Lipinski definition) is 0. The Balaban J connectivity index is 1.64. The number of hydrogen-bond acceptors (Lipinski definition) is 5. The maximum atomic E-state index is 14.6. The van der Waals surface area contributed by atoms with Crippen LogP contribution in [0.1, 0.15) is 110 Å². The van der Waals surface area contributed by atoms with Crippen molar-refractivity contribution in [1.82, 2.24) is 5.06 Å². The van der Waals surface area contributed by atoms with Crippen LogP contribution in [0, 0.1) is 0 Å². The van der Waals surface area contributed by atoms with E-state index < -0.39 is 52.2 Å². The van der Waals surface area contributed by atoms with Crippen molar-refractivity contribution < 1.29 is 36.4 Å². The molecular formula is C45H56F3NO5Si2. The smallest absolute Gasteiger partial charge is 0.416 e. The molecule has 6 nitrogen and oxygen atoms in total. The molecule has 3 atom stereocenters. The molecule has 1 amide bonds. The quantitative estimate of drug-likeness (QED) is 0.125. The minimum atomic E-state index is -4.58. The summed E-state index contributed by atoms with van der Waals surface area (Å²) < 4.78 is 54.6. The van der Waals surface area contributed by atoms with E-state index >= 15 is 0 Å². The molecule has 3 unspecified atom stereocenters. The Morgan fingerprint density at radius 2 is 1.11 bits per heavy atom. The highest BCUT2D eigenvalue weighted by Gasteiger charge is 2.45. The van der Waals surface area contributed by atoms with Crippen LogP contribution in [0.5, 0.6) is 11.5 Å². The van der Waals surface area contributed by atoms with Crippen LogP contribution in [0.4, 0.5) is 13.2 Å². The lowest BCUT2D eigenvalue weighted by atomic mass is 9.72. The lowest BCUT2D eigenvalue weighted by Crippen LogP contribution is -2.48. The van der Waals surface area contributed by atoms with Crippen molar-refractivity contribution >= 4 is 28.5 Å². The van der Waals surface area contributed by atoms with Crippen molar-refractivity contribution in [3.63, 3.8) is 0 Å². The van der Waals surface area contributed by atoms with Crippen LogP contribution in [0.2, 0.25) is 36.3 Å². The Kier molecular flexibility index (Phi) is 12.4. The molecule has 0 heterocycles. The van der Waals surface area contributed by atoms with Crippen LogP contribution < -0.4 is 8.85 Å². The molecule has 0 spiro atoms. The monoisotopic (exact) mass is 803 g/mol. The summed E-state index contributed by atoms with van der Waals surface area (Å²) in [5, 5.41) is 0.979. The minimum absolute atomic E-state index is 0.00555. The number of rotatable bonds is 9. The van der Waals surface area contributed by atoms with Gasteiger partial charge >= 0.3 is 12.1 Å². The van der Waals surface area contributed by atoms with E-state index in [1.165, 1.54) is 0 Å². The summed E-state index contributed by atoms with van der Waals surface area (Å²) in [7, 11) is -4.59. The van der Waals surface area contributed by atoms with Gasteiger partial charge in [0.25, 0.3) is 5.91 Å². The maximum absolute atomic E-state index is 14.6. The van der Waals surface area contributed by atoms with Crippen LogP contribution in [0.25, 0.3) is 0 Å². The highest BCUT2D eigenvalue weighted by molar-refractivity contribution is 6.75. The number of amides is 1. The van der Waals surface area contributed by atoms with Gasteiger partial charge in [-0.15, -0.1) is 0 Å². The van der Waals surface area contributed by atoms with E-state index in [1.807, 2.05) is 42.5 Å². The first-order valence-corrected chi connectivity index (χ1v) is 25.2. The van der Waals surface area contributed by atoms with Gasteiger partial charge < -0.3 is 13.7 Å². The number of para-hydroxylation sites is 2. The zero-order valence-electron chi connectivity index (χ0n) is 34.3. The third-order valence-electron chi connectivity index (χ3n) is 12.0. The van der Waals surface area contributed by atoms with Crippen molar-refractivity contribution in [1.29, 1.82) is 0 Å². The predicted octanol–water partition coefficient (Wildman–Crippen LogP) is 12.8. The van der Waals surface area contributed by atoms with Gasteiger partial charge in [-0.2, -0.15) is 18.2 Å². The van der Waals surface area contributed by atoms with Crippen molar-refractivity contribution in [2.24, 2.45) is 0 Å². The molecule has 4 aromatic rings. The second kappa shape index (κ2) is 16.2. The molecule has 0 N–H and O–H groups in total. The number of alkyl halides is 3. The molecule has 0 bridgehead atoms. The van der Waals surface area contributed by atoms with E-state index in [1.54, 1.807) is 30.3 Å². The van der Waals surface area contributed by atoms with Gasteiger partial charge in [0, 0.05) is 11.5 Å². The first-order chi connectivity index (χ1) is 26.0. The van der Waals surface area contributed by atoms with Gasteiger partial charge in [-0.3, -0.25) is 4.79 Å². The molecule has 5 rings (SSSR count). The molecule has 11 heteroatoms. The molecule has 4 aromatic carbocycles. The van der Waals surface area contributed by atoms with Gasteiger partial charge in [-0.05, 0) is 121 Å². The van der Waals surface area contributed by atoms with Crippen molar-refractivity contribution in [2.45, 2.75) is 121 Å². The number of hydroxylamine groups is 2. The molecule has 1 aliphatic carbocycles. The first-order valence-electron chi connectivity index (χ1n) is 19.3. The number of benzene rings is 4. The average Bonchev–Trinajstić information content (AvgIpc) is 3.12. The molecule has 0 aliphatic heterocycles. The molecule has 1 aliphatic rings. The lowest BCUT2D eigenvalue weighted by Gasteiger charge is -2.43. The van der Waals surface area contributed by atoms with E-state index in [4.69, 9.17) is 13.7 Å². The summed E-state index contributed by atoms with van der Waals surface area (Å²) in [4.78, 5) is 34.4. The van der Waals surface area contributed by atoms with E-state index in [-0.39, 0.29) is 27.1 Å². The summed E-state index contributed by atoms with van der Waals surface area (Å²) in [6, 6.07) is 27.7. The SMILES string of the molecule is CC(C)(C)[Si](C)(C)Oc1ccccc1C1CCC(N(OC(=O)c2ccccc2)C(=O)c2ccc(C(F)(F)F)cc2)C(c2ccccc2O[Si](C)(C)C(C)(C)C)C1. The van der Waals surface area contributed by atoms with Crippen LogP contribution in [-0.2, 0) is 11.0 Å². The number of carbonyl (C=O) groups is 2. The molecule has 300 valence electrons. The van der Waals surface area contributed by atoms with Crippen LogP contribution in [-0.4, -0.2) is 39.6 Å². The predicted molar refractivity (Wildman–Crippen MR) is 221 cm³/mol. The van der Waals surface area contributed by atoms with Crippen molar-refractivity contribution in [2.75, 3.05) is 0 Å². The van der Waals surface area contributed by atoms with Gasteiger partial charge in [-0.25, -0.2) is 4.79 Å². The Labute approximate surface area is 332 Å². The van der Waals surface area contributed by atoms with Crippen molar-refractivity contribution in [3.05, 3.63) is 131 Å². The highest BCUT2D eigenvalue weighted by atomic mass is 28.4. The summed E-state index contributed by atoms with van der Waals surface area (Å²) >= 11 is 0. The zero-order valence-corrected chi connectivity index (χ0v) is 36.3. The van der Waals surface area contributed by atoms with E-state index in [0.717, 1.165) is 46.2 Å². The fourth-order valence-corrected chi connectivity index (χ4v) is 8.69. The minimum Gasteiger partial charge on any atom is -0.543 e. The number of halogens is 3. The summed E-state index contributed by atoms with van der Waals surface area (Å²) in [5.41, 5.74) is 1.27. The van der Waals surface area contributed by atoms with Gasteiger partial charge in [-0.1, -0.05) is 96.1 Å². The first kappa shape index (κ1) is 42.8. The highest BCUT2D eigenvalue weighted by Crippen LogP contribution is 2.50. The number of carbonyl (C=O) groups excluding carboxylic acids is 2. The largest absolute Gasteiger partial charge is 0.543 e. The lowest BCUT2D eigenvalue weighted by molar-refractivity contribution is -0.137. The second-order valence-corrected chi connectivity index (χ2v) is 27.4. The Bertz CT molecular complexity index is 1990. The molecular weight excluding hydrogens is 748 g/mol. The van der Waals surface area contributed by atoms with Crippen LogP contribution in [0.15, 0.2) is 103 Å². The van der Waals surface area contributed by atoms with Gasteiger partial charge in [0.1, 0.15) is 11.5 Å². The molecule has 1 fully saturated rings. The topological polar surface area (TPSA) is 65.1 Å². The average molecular weight is 804 g/mol. The zero-order chi connectivity index (χ0) is 41.3. The summed E-state index contributed by atoms with van der Waals surface area (Å²) in [6.07, 6.45) is -2.97. The number of nitrogens with zero attached hydrogens (tertiary/aromatic N) is 1. The van der Waals surface area contributed by atoms with Gasteiger partial charge in [0.2, 0.25) is 16.6 Å². The Hall–Kier alpha value is -4.36. The Morgan fingerprint density at radius 3 is 1.62 bits per heavy atom.